The minimum absolute atomic E-state index is 0.141. The molecule has 2 aromatic rings. The standard InChI is InChI=1S/C17H19N3OS/c1-2-19-16(22)17(8-3-9-17)15(21)13-4-6-14(7-5-13)20-11-10-18-12-20/h4-7,10-12H,2-3,8-9H2,1H3,(H,19,22). The van der Waals surface area contributed by atoms with Crippen molar-refractivity contribution < 1.29 is 4.79 Å². The van der Waals surface area contributed by atoms with Gasteiger partial charge >= 0.3 is 0 Å². The maximum atomic E-state index is 12.9. The second-order valence-electron chi connectivity index (χ2n) is 5.64. The van der Waals surface area contributed by atoms with Crippen molar-refractivity contribution in [1.82, 2.24) is 14.9 Å². The van der Waals surface area contributed by atoms with Crippen LogP contribution in [0.25, 0.3) is 5.69 Å². The summed E-state index contributed by atoms with van der Waals surface area (Å²) in [6, 6.07) is 7.65. The second kappa shape index (κ2) is 6.01. The van der Waals surface area contributed by atoms with Gasteiger partial charge in [0.2, 0.25) is 0 Å². The van der Waals surface area contributed by atoms with E-state index in [2.05, 4.69) is 10.3 Å². The monoisotopic (exact) mass is 313 g/mol. The zero-order chi connectivity index (χ0) is 15.6. The van der Waals surface area contributed by atoms with E-state index in [0.29, 0.717) is 4.99 Å². The highest BCUT2D eigenvalue weighted by molar-refractivity contribution is 7.80. The quantitative estimate of drug-likeness (QED) is 0.680. The molecule has 0 unspecified atom stereocenters. The van der Waals surface area contributed by atoms with Crippen LogP contribution in [0, 0.1) is 5.41 Å². The van der Waals surface area contributed by atoms with E-state index in [-0.39, 0.29) is 5.78 Å². The first kappa shape index (κ1) is 14.9. The number of carbonyl (C=O) groups excluding carboxylic acids is 1. The number of thiocarbonyl (C=S) groups is 1. The fourth-order valence-corrected chi connectivity index (χ4v) is 3.33. The smallest absolute Gasteiger partial charge is 0.175 e. The van der Waals surface area contributed by atoms with Gasteiger partial charge in [0, 0.05) is 30.2 Å². The predicted octanol–water partition coefficient (Wildman–Crippen LogP) is 3.16. The highest BCUT2D eigenvalue weighted by Gasteiger charge is 2.47. The summed E-state index contributed by atoms with van der Waals surface area (Å²) in [5.41, 5.74) is 1.23. The summed E-state index contributed by atoms with van der Waals surface area (Å²) in [4.78, 5) is 17.6. The van der Waals surface area contributed by atoms with Crippen LogP contribution in [0.15, 0.2) is 43.0 Å². The minimum atomic E-state index is -0.484. The Bertz CT molecular complexity index is 672. The van der Waals surface area contributed by atoms with Gasteiger partial charge in [-0.05, 0) is 44.0 Å². The van der Waals surface area contributed by atoms with E-state index < -0.39 is 5.41 Å². The Morgan fingerprint density at radius 3 is 2.59 bits per heavy atom. The third-order valence-electron chi connectivity index (χ3n) is 4.35. The topological polar surface area (TPSA) is 46.9 Å². The molecule has 0 saturated heterocycles. The largest absolute Gasteiger partial charge is 0.379 e. The second-order valence-corrected chi connectivity index (χ2v) is 6.05. The lowest BCUT2D eigenvalue weighted by atomic mass is 9.64. The number of carbonyl (C=O) groups is 1. The molecule has 0 spiro atoms. The van der Waals surface area contributed by atoms with Gasteiger partial charge in [-0.3, -0.25) is 4.79 Å². The molecule has 0 atom stereocenters. The molecule has 5 heteroatoms. The Morgan fingerprint density at radius 1 is 1.36 bits per heavy atom. The predicted molar refractivity (Wildman–Crippen MR) is 90.5 cm³/mol. The fourth-order valence-electron chi connectivity index (χ4n) is 2.89. The van der Waals surface area contributed by atoms with E-state index in [1.54, 1.807) is 12.5 Å². The SMILES string of the molecule is CCNC(=S)C1(C(=O)c2ccc(-n3ccnc3)cc2)CCC1. The van der Waals surface area contributed by atoms with Gasteiger partial charge in [-0.2, -0.15) is 0 Å². The summed E-state index contributed by atoms with van der Waals surface area (Å²) in [5, 5.41) is 3.17. The molecular weight excluding hydrogens is 294 g/mol. The summed E-state index contributed by atoms with van der Waals surface area (Å²) >= 11 is 5.46. The lowest BCUT2D eigenvalue weighted by Gasteiger charge is -2.41. The first-order valence-electron chi connectivity index (χ1n) is 7.59. The number of nitrogens with zero attached hydrogens (tertiary/aromatic N) is 2. The molecule has 1 aromatic heterocycles. The zero-order valence-corrected chi connectivity index (χ0v) is 13.4. The minimum Gasteiger partial charge on any atom is -0.379 e. The summed E-state index contributed by atoms with van der Waals surface area (Å²) in [6.07, 6.45) is 8.11. The van der Waals surface area contributed by atoms with Crippen LogP contribution in [0.4, 0.5) is 0 Å². The van der Waals surface area contributed by atoms with E-state index in [0.717, 1.165) is 37.1 Å². The molecule has 0 radical (unpaired) electrons. The number of benzene rings is 1. The first-order chi connectivity index (χ1) is 10.7. The Hall–Kier alpha value is -2.01. The van der Waals surface area contributed by atoms with Gasteiger partial charge in [-0.25, -0.2) is 4.98 Å². The molecule has 1 aliphatic rings. The van der Waals surface area contributed by atoms with Crippen LogP contribution in [0.3, 0.4) is 0 Å². The van der Waals surface area contributed by atoms with E-state index in [1.165, 1.54) is 0 Å². The van der Waals surface area contributed by atoms with Crippen LogP contribution in [0.5, 0.6) is 0 Å². The molecule has 114 valence electrons. The number of nitrogens with one attached hydrogen (secondary N) is 1. The Morgan fingerprint density at radius 2 is 2.09 bits per heavy atom. The van der Waals surface area contributed by atoms with Gasteiger partial charge in [0.25, 0.3) is 0 Å². The number of hydrogen-bond acceptors (Lipinski definition) is 3. The lowest BCUT2D eigenvalue weighted by Crippen LogP contribution is -2.50. The molecule has 1 N–H and O–H groups in total. The molecule has 0 bridgehead atoms. The Kier molecular flexibility index (Phi) is 4.07. The normalized spacial score (nSPS) is 15.9. The number of Topliss-reactive ketones (excluding diaryl/α,β-unsaturated/α-hetero) is 1. The van der Waals surface area contributed by atoms with Crippen molar-refractivity contribution in [3.05, 3.63) is 48.5 Å². The molecule has 3 rings (SSSR count). The van der Waals surface area contributed by atoms with Crippen molar-refractivity contribution >= 4 is 23.0 Å². The van der Waals surface area contributed by atoms with Crippen LogP contribution in [0.1, 0.15) is 36.5 Å². The molecular formula is C17H19N3OS. The third kappa shape index (κ3) is 2.46. The van der Waals surface area contributed by atoms with E-state index in [4.69, 9.17) is 12.2 Å². The van der Waals surface area contributed by atoms with Gasteiger partial charge in [0.1, 0.15) is 0 Å². The Balaban J connectivity index is 1.84. The van der Waals surface area contributed by atoms with Crippen molar-refractivity contribution in [3.8, 4) is 5.69 Å². The maximum Gasteiger partial charge on any atom is 0.175 e. The third-order valence-corrected chi connectivity index (χ3v) is 4.88. The van der Waals surface area contributed by atoms with Crippen molar-refractivity contribution in [2.45, 2.75) is 26.2 Å². The molecule has 1 aromatic carbocycles. The van der Waals surface area contributed by atoms with E-state index in [1.807, 2.05) is 42.0 Å². The average molecular weight is 313 g/mol. The highest BCUT2D eigenvalue weighted by Crippen LogP contribution is 2.44. The summed E-state index contributed by atoms with van der Waals surface area (Å²) in [5.74, 6) is 0.141. The van der Waals surface area contributed by atoms with Crippen molar-refractivity contribution in [2.75, 3.05) is 6.54 Å². The van der Waals surface area contributed by atoms with Gasteiger partial charge in [-0.15, -0.1) is 0 Å². The van der Waals surface area contributed by atoms with Crippen LogP contribution in [0.2, 0.25) is 0 Å². The number of ketones is 1. The first-order valence-corrected chi connectivity index (χ1v) is 8.00. The lowest BCUT2D eigenvalue weighted by molar-refractivity contribution is 0.0769. The van der Waals surface area contributed by atoms with Crippen LogP contribution < -0.4 is 5.32 Å². The van der Waals surface area contributed by atoms with Crippen LogP contribution in [-0.4, -0.2) is 26.9 Å². The zero-order valence-electron chi connectivity index (χ0n) is 12.6. The van der Waals surface area contributed by atoms with Crippen molar-refractivity contribution in [3.63, 3.8) is 0 Å². The fraction of sp³-hybridized carbons (Fsp3) is 0.353. The van der Waals surface area contributed by atoms with E-state index >= 15 is 0 Å². The van der Waals surface area contributed by atoms with Crippen LogP contribution in [-0.2, 0) is 0 Å². The molecule has 4 nitrogen and oxygen atoms in total. The number of imidazole rings is 1. The summed E-state index contributed by atoms with van der Waals surface area (Å²) in [6.45, 7) is 2.76. The van der Waals surface area contributed by atoms with Gasteiger partial charge in [-0.1, -0.05) is 18.6 Å². The molecule has 0 aliphatic heterocycles. The number of rotatable bonds is 5. The molecule has 1 aliphatic carbocycles. The van der Waals surface area contributed by atoms with Gasteiger partial charge in [0.05, 0.1) is 16.7 Å². The molecule has 1 saturated carbocycles. The maximum absolute atomic E-state index is 12.9. The molecule has 1 fully saturated rings. The van der Waals surface area contributed by atoms with Crippen molar-refractivity contribution in [1.29, 1.82) is 0 Å². The van der Waals surface area contributed by atoms with Gasteiger partial charge < -0.3 is 9.88 Å². The number of hydrogen-bond donors (Lipinski definition) is 1. The molecule has 0 amide bonds. The highest BCUT2D eigenvalue weighted by atomic mass is 32.1. The summed E-state index contributed by atoms with van der Waals surface area (Å²) in [7, 11) is 0. The average Bonchev–Trinajstić information content (AvgIpc) is 3.00. The molecule has 1 heterocycles. The van der Waals surface area contributed by atoms with Crippen molar-refractivity contribution in [2.24, 2.45) is 5.41 Å². The number of aromatic nitrogens is 2. The summed E-state index contributed by atoms with van der Waals surface area (Å²) < 4.78 is 1.91. The molecule has 22 heavy (non-hydrogen) atoms. The van der Waals surface area contributed by atoms with Gasteiger partial charge in [0.15, 0.2) is 5.78 Å². The van der Waals surface area contributed by atoms with Crippen LogP contribution >= 0.6 is 12.2 Å². The Labute approximate surface area is 135 Å². The van der Waals surface area contributed by atoms with E-state index in [9.17, 15) is 4.79 Å².